The maximum atomic E-state index is 4.81. The maximum absolute atomic E-state index is 4.81. The van der Waals surface area contributed by atoms with Gasteiger partial charge in [0.15, 0.2) is 0 Å². The molecule has 5 rings (SSSR count). The van der Waals surface area contributed by atoms with E-state index in [4.69, 9.17) is 10.1 Å². The molecule has 0 radical (unpaired) electrons. The van der Waals surface area contributed by atoms with Crippen LogP contribution in [0.15, 0.2) is 30.6 Å². The Labute approximate surface area is 149 Å². The molecule has 2 atom stereocenters. The van der Waals surface area contributed by atoms with Crippen molar-refractivity contribution >= 4 is 22.6 Å². The third-order valence-electron chi connectivity index (χ3n) is 4.97. The molecule has 0 N–H and O–H groups in total. The lowest BCUT2D eigenvalue weighted by molar-refractivity contribution is 0.745. The van der Waals surface area contributed by atoms with Gasteiger partial charge in [0.1, 0.15) is 11.0 Å². The van der Waals surface area contributed by atoms with Crippen LogP contribution in [0.2, 0.25) is 0 Å². The number of rotatable bonds is 3. The summed E-state index contributed by atoms with van der Waals surface area (Å²) in [6.45, 7) is 2.06. The number of aromatic nitrogens is 6. The molecule has 7 heteroatoms. The van der Waals surface area contributed by atoms with Crippen molar-refractivity contribution in [3.05, 3.63) is 46.7 Å². The number of hydrogen-bond acceptors (Lipinski definition) is 5. The first-order valence-corrected chi connectivity index (χ1v) is 9.13. The van der Waals surface area contributed by atoms with Gasteiger partial charge in [-0.15, -0.1) is 0 Å². The quantitative estimate of drug-likeness (QED) is 0.568. The molecule has 4 aromatic rings. The molecule has 25 heavy (non-hydrogen) atoms. The Bertz CT molecular complexity index is 1090. The summed E-state index contributed by atoms with van der Waals surface area (Å²) in [5, 5.41) is 9.04. The van der Waals surface area contributed by atoms with Gasteiger partial charge in [-0.2, -0.15) is 14.6 Å². The Morgan fingerprint density at radius 2 is 2.08 bits per heavy atom. The second-order valence-corrected chi connectivity index (χ2v) is 7.75. The standard InChI is InChI=1S/C18H18N6S/c1-10-18-15(22-25-10)5-4-14(20-18)17-7-16(21-24(17)3)13-6-12(13)11-8-19-23(2)9-11/h4-5,7-9,12-13H,6H2,1-3H3. The lowest BCUT2D eigenvalue weighted by Gasteiger charge is -2.00. The summed E-state index contributed by atoms with van der Waals surface area (Å²) >= 11 is 1.50. The monoisotopic (exact) mass is 350 g/mol. The Balaban J connectivity index is 1.48. The van der Waals surface area contributed by atoms with Crippen LogP contribution in [0.1, 0.15) is 34.4 Å². The average molecular weight is 350 g/mol. The van der Waals surface area contributed by atoms with E-state index in [1.54, 1.807) is 0 Å². The minimum absolute atomic E-state index is 0.484. The van der Waals surface area contributed by atoms with Crippen molar-refractivity contribution in [1.82, 2.24) is 28.9 Å². The van der Waals surface area contributed by atoms with E-state index in [1.807, 2.05) is 41.8 Å². The van der Waals surface area contributed by atoms with Crippen LogP contribution in [0.25, 0.3) is 22.4 Å². The first-order chi connectivity index (χ1) is 12.1. The van der Waals surface area contributed by atoms with Gasteiger partial charge in [0.2, 0.25) is 0 Å². The molecule has 1 fully saturated rings. The predicted molar refractivity (Wildman–Crippen MR) is 97.7 cm³/mol. The number of nitrogens with zero attached hydrogens (tertiary/aromatic N) is 6. The number of fused-ring (bicyclic) bond motifs is 1. The first-order valence-electron chi connectivity index (χ1n) is 8.36. The highest BCUT2D eigenvalue weighted by Crippen LogP contribution is 2.54. The Kier molecular flexibility index (Phi) is 3.09. The number of hydrogen-bond donors (Lipinski definition) is 0. The number of pyridine rings is 1. The molecule has 0 bridgehead atoms. The van der Waals surface area contributed by atoms with Crippen molar-refractivity contribution in [1.29, 1.82) is 0 Å². The molecular weight excluding hydrogens is 332 g/mol. The minimum Gasteiger partial charge on any atom is -0.276 e. The molecular formula is C18H18N6S. The molecule has 1 aliphatic rings. The highest BCUT2D eigenvalue weighted by Gasteiger charge is 2.42. The third kappa shape index (κ3) is 2.38. The van der Waals surface area contributed by atoms with Gasteiger partial charge in [-0.05, 0) is 54.6 Å². The number of aryl methyl sites for hydroxylation is 3. The van der Waals surface area contributed by atoms with E-state index in [0.717, 1.165) is 39.4 Å². The fourth-order valence-electron chi connectivity index (χ4n) is 3.52. The first kappa shape index (κ1) is 14.8. The molecule has 0 spiro atoms. The maximum Gasteiger partial charge on any atom is 0.105 e. The third-order valence-corrected chi connectivity index (χ3v) is 5.73. The summed E-state index contributed by atoms with van der Waals surface area (Å²) in [5.41, 5.74) is 6.42. The van der Waals surface area contributed by atoms with Gasteiger partial charge in [-0.3, -0.25) is 9.36 Å². The molecule has 0 aliphatic heterocycles. The lowest BCUT2D eigenvalue weighted by atomic mass is 10.1. The van der Waals surface area contributed by atoms with E-state index in [9.17, 15) is 0 Å². The van der Waals surface area contributed by atoms with Gasteiger partial charge in [0, 0.05) is 31.1 Å². The van der Waals surface area contributed by atoms with Crippen LogP contribution in [-0.4, -0.2) is 28.9 Å². The van der Waals surface area contributed by atoms with Crippen molar-refractivity contribution < 1.29 is 0 Å². The van der Waals surface area contributed by atoms with Crippen LogP contribution in [-0.2, 0) is 14.1 Å². The summed E-state index contributed by atoms with van der Waals surface area (Å²) in [6, 6.07) is 6.27. The van der Waals surface area contributed by atoms with E-state index in [0.29, 0.717) is 11.8 Å². The summed E-state index contributed by atoms with van der Waals surface area (Å²) in [4.78, 5) is 5.96. The Morgan fingerprint density at radius 1 is 1.20 bits per heavy atom. The summed E-state index contributed by atoms with van der Waals surface area (Å²) in [7, 11) is 3.95. The SMILES string of the molecule is Cc1snc2ccc(-c3cc(C4CC4c4cnn(C)c4)nn3C)nc12. The Hall–Kier alpha value is -2.54. The average Bonchev–Trinajstić information content (AvgIpc) is 2.91. The van der Waals surface area contributed by atoms with Gasteiger partial charge < -0.3 is 0 Å². The largest absolute Gasteiger partial charge is 0.276 e. The summed E-state index contributed by atoms with van der Waals surface area (Å²) < 4.78 is 8.22. The molecule has 4 aromatic heterocycles. The molecule has 126 valence electrons. The van der Waals surface area contributed by atoms with Crippen LogP contribution in [0.3, 0.4) is 0 Å². The molecule has 6 nitrogen and oxygen atoms in total. The highest BCUT2D eigenvalue weighted by molar-refractivity contribution is 7.07. The molecule has 1 saturated carbocycles. The van der Waals surface area contributed by atoms with E-state index in [-0.39, 0.29) is 0 Å². The van der Waals surface area contributed by atoms with Crippen LogP contribution >= 0.6 is 11.5 Å². The van der Waals surface area contributed by atoms with Gasteiger partial charge in [0.25, 0.3) is 0 Å². The Morgan fingerprint density at radius 3 is 2.88 bits per heavy atom. The highest BCUT2D eigenvalue weighted by atomic mass is 32.1. The zero-order chi connectivity index (χ0) is 17.1. The lowest BCUT2D eigenvalue weighted by Crippen LogP contribution is -1.96. The topological polar surface area (TPSA) is 61.4 Å². The summed E-state index contributed by atoms with van der Waals surface area (Å²) in [6.07, 6.45) is 5.22. The minimum atomic E-state index is 0.484. The fourth-order valence-corrected chi connectivity index (χ4v) is 4.14. The normalized spacial score (nSPS) is 19.6. The van der Waals surface area contributed by atoms with Crippen molar-refractivity contribution in [3.63, 3.8) is 0 Å². The zero-order valence-corrected chi connectivity index (χ0v) is 15.2. The van der Waals surface area contributed by atoms with Gasteiger partial charge in [-0.1, -0.05) is 0 Å². The van der Waals surface area contributed by atoms with Gasteiger partial charge in [-0.25, -0.2) is 4.98 Å². The fraction of sp³-hybridized carbons (Fsp3) is 0.333. The van der Waals surface area contributed by atoms with Crippen molar-refractivity contribution in [2.24, 2.45) is 14.1 Å². The van der Waals surface area contributed by atoms with E-state index >= 15 is 0 Å². The molecule has 0 aromatic carbocycles. The van der Waals surface area contributed by atoms with Gasteiger partial charge in [0.05, 0.1) is 23.3 Å². The van der Waals surface area contributed by atoms with Crippen LogP contribution in [0.4, 0.5) is 0 Å². The molecule has 0 saturated heterocycles. The van der Waals surface area contributed by atoms with E-state index in [1.165, 1.54) is 17.1 Å². The van der Waals surface area contributed by atoms with Gasteiger partial charge >= 0.3 is 0 Å². The molecule has 1 aliphatic carbocycles. The summed E-state index contributed by atoms with van der Waals surface area (Å²) in [5.74, 6) is 1.02. The van der Waals surface area contributed by atoms with Crippen molar-refractivity contribution in [2.45, 2.75) is 25.2 Å². The van der Waals surface area contributed by atoms with Crippen molar-refractivity contribution in [3.8, 4) is 11.4 Å². The molecule has 4 heterocycles. The van der Waals surface area contributed by atoms with E-state index in [2.05, 4.69) is 28.7 Å². The van der Waals surface area contributed by atoms with Crippen LogP contribution in [0.5, 0.6) is 0 Å². The predicted octanol–water partition coefficient (Wildman–Crippen LogP) is 3.40. The van der Waals surface area contributed by atoms with Crippen molar-refractivity contribution in [2.75, 3.05) is 0 Å². The molecule has 2 unspecified atom stereocenters. The zero-order valence-electron chi connectivity index (χ0n) is 14.3. The second kappa shape index (κ2) is 5.23. The van der Waals surface area contributed by atoms with E-state index < -0.39 is 0 Å². The van der Waals surface area contributed by atoms with Crippen LogP contribution < -0.4 is 0 Å². The van der Waals surface area contributed by atoms with Crippen LogP contribution in [0, 0.1) is 6.92 Å². The second-order valence-electron chi connectivity index (χ2n) is 6.78. The smallest absolute Gasteiger partial charge is 0.105 e. The molecule has 0 amide bonds.